The first kappa shape index (κ1) is 14.5. The highest BCUT2D eigenvalue weighted by Crippen LogP contribution is 2.36. The van der Waals surface area contributed by atoms with Gasteiger partial charge in [0.05, 0.1) is 0 Å². The van der Waals surface area contributed by atoms with Gasteiger partial charge in [-0.3, -0.25) is 4.79 Å². The number of benzene rings is 1. The van der Waals surface area contributed by atoms with Gasteiger partial charge in [0.1, 0.15) is 0 Å². The number of carbonyl (C=O) groups excluding carboxylic acids is 1. The maximum absolute atomic E-state index is 12.0. The molecule has 104 valence electrons. The van der Waals surface area contributed by atoms with Gasteiger partial charge in [-0.2, -0.15) is 0 Å². The van der Waals surface area contributed by atoms with Crippen molar-refractivity contribution in [1.29, 1.82) is 0 Å². The van der Waals surface area contributed by atoms with Crippen molar-refractivity contribution < 1.29 is 4.79 Å². The molecule has 20 heavy (non-hydrogen) atoms. The molecule has 1 heteroatoms. The largest absolute Gasteiger partial charge is 0.289 e. The second-order valence-corrected chi connectivity index (χ2v) is 5.97. The van der Waals surface area contributed by atoms with Crippen molar-refractivity contribution in [3.8, 4) is 0 Å². The number of hydrogen-bond donors (Lipinski definition) is 0. The maximum Gasteiger partial charge on any atom is 0.185 e. The van der Waals surface area contributed by atoms with Crippen molar-refractivity contribution in [2.24, 2.45) is 11.3 Å². The standard InChI is InChI=1S/C19H22O/c1-15(2)19(3)13-11-16(12-14-19)9-10-18(20)17-7-5-4-6-8-17/h4-13,15H,14H2,1-3H3. The van der Waals surface area contributed by atoms with Gasteiger partial charge >= 0.3 is 0 Å². The molecule has 0 N–H and O–H groups in total. The Balaban J connectivity index is 2.03. The Hall–Kier alpha value is -1.89. The summed E-state index contributed by atoms with van der Waals surface area (Å²) < 4.78 is 0. The molecule has 2 rings (SSSR count). The average Bonchev–Trinajstić information content (AvgIpc) is 2.47. The number of ketones is 1. The molecule has 0 amide bonds. The second-order valence-electron chi connectivity index (χ2n) is 5.97. The lowest BCUT2D eigenvalue weighted by Gasteiger charge is -2.31. The molecule has 1 nitrogen and oxygen atoms in total. The van der Waals surface area contributed by atoms with Gasteiger partial charge in [-0.15, -0.1) is 0 Å². The normalized spacial score (nSPS) is 22.3. The van der Waals surface area contributed by atoms with Crippen LogP contribution in [0.15, 0.2) is 66.3 Å². The summed E-state index contributed by atoms with van der Waals surface area (Å²) in [5.41, 5.74) is 2.09. The summed E-state index contributed by atoms with van der Waals surface area (Å²) in [4.78, 5) is 12.0. The minimum Gasteiger partial charge on any atom is -0.289 e. The van der Waals surface area contributed by atoms with E-state index in [4.69, 9.17) is 0 Å². The minimum absolute atomic E-state index is 0.0529. The third-order valence-corrected chi connectivity index (χ3v) is 4.24. The zero-order valence-electron chi connectivity index (χ0n) is 12.5. The Bertz CT molecular complexity index is 561. The number of allylic oxidation sites excluding steroid dienone is 6. The van der Waals surface area contributed by atoms with Crippen LogP contribution in [0.2, 0.25) is 0 Å². The van der Waals surface area contributed by atoms with Crippen molar-refractivity contribution in [2.75, 3.05) is 0 Å². The smallest absolute Gasteiger partial charge is 0.185 e. The van der Waals surface area contributed by atoms with Crippen LogP contribution in [0.25, 0.3) is 0 Å². The third kappa shape index (κ3) is 3.36. The van der Waals surface area contributed by atoms with E-state index in [0.717, 1.165) is 17.6 Å². The highest BCUT2D eigenvalue weighted by molar-refractivity contribution is 6.04. The summed E-state index contributed by atoms with van der Waals surface area (Å²) in [5.74, 6) is 0.670. The van der Waals surface area contributed by atoms with Gasteiger partial charge in [0, 0.05) is 5.56 Å². The second kappa shape index (κ2) is 6.04. The van der Waals surface area contributed by atoms with Gasteiger partial charge in [0.25, 0.3) is 0 Å². The van der Waals surface area contributed by atoms with Crippen LogP contribution in [0.5, 0.6) is 0 Å². The fourth-order valence-electron chi connectivity index (χ4n) is 2.18. The lowest BCUT2D eigenvalue weighted by Crippen LogP contribution is -2.21. The van der Waals surface area contributed by atoms with Crippen LogP contribution in [0.4, 0.5) is 0 Å². The summed E-state index contributed by atoms with van der Waals surface area (Å²) in [6.07, 6.45) is 11.2. The van der Waals surface area contributed by atoms with E-state index in [-0.39, 0.29) is 11.2 Å². The molecule has 0 aromatic heterocycles. The lowest BCUT2D eigenvalue weighted by atomic mass is 9.73. The van der Waals surface area contributed by atoms with Gasteiger partial charge in [-0.1, -0.05) is 75.4 Å². The van der Waals surface area contributed by atoms with Crippen molar-refractivity contribution in [2.45, 2.75) is 27.2 Å². The molecule has 0 saturated heterocycles. The molecule has 0 heterocycles. The van der Waals surface area contributed by atoms with Crippen molar-refractivity contribution in [1.82, 2.24) is 0 Å². The van der Waals surface area contributed by atoms with Crippen molar-refractivity contribution in [3.63, 3.8) is 0 Å². The predicted octanol–water partition coefficient (Wildman–Crippen LogP) is 4.97. The molecule has 1 aliphatic carbocycles. The summed E-state index contributed by atoms with van der Waals surface area (Å²) in [6, 6.07) is 9.37. The summed E-state index contributed by atoms with van der Waals surface area (Å²) in [7, 11) is 0. The first-order valence-electron chi connectivity index (χ1n) is 7.18. The van der Waals surface area contributed by atoms with Crippen LogP contribution in [-0.2, 0) is 0 Å². The predicted molar refractivity (Wildman–Crippen MR) is 84.7 cm³/mol. The molecule has 1 atom stereocenters. The summed E-state index contributed by atoms with van der Waals surface area (Å²) in [6.45, 7) is 6.77. The number of rotatable bonds is 4. The van der Waals surface area contributed by atoms with E-state index < -0.39 is 0 Å². The maximum atomic E-state index is 12.0. The van der Waals surface area contributed by atoms with Crippen LogP contribution in [0, 0.1) is 11.3 Å². The molecular weight excluding hydrogens is 244 g/mol. The Kier molecular flexibility index (Phi) is 4.39. The average molecular weight is 266 g/mol. The molecule has 0 aliphatic heterocycles. The molecule has 0 saturated carbocycles. The van der Waals surface area contributed by atoms with E-state index in [1.165, 1.54) is 0 Å². The molecule has 1 aromatic carbocycles. The van der Waals surface area contributed by atoms with E-state index in [0.29, 0.717) is 5.92 Å². The fraction of sp³-hybridized carbons (Fsp3) is 0.316. The van der Waals surface area contributed by atoms with Crippen LogP contribution >= 0.6 is 0 Å². The van der Waals surface area contributed by atoms with Gasteiger partial charge in [-0.25, -0.2) is 0 Å². The molecule has 0 bridgehead atoms. The van der Waals surface area contributed by atoms with E-state index in [2.05, 4.69) is 39.0 Å². The molecule has 0 spiro atoms. The van der Waals surface area contributed by atoms with E-state index >= 15 is 0 Å². The van der Waals surface area contributed by atoms with Gasteiger partial charge in [-0.05, 0) is 29.4 Å². The lowest BCUT2D eigenvalue weighted by molar-refractivity contribution is 0.104. The van der Waals surface area contributed by atoms with Crippen molar-refractivity contribution in [3.05, 3.63) is 71.8 Å². The highest BCUT2D eigenvalue weighted by Gasteiger charge is 2.25. The Labute approximate surface area is 121 Å². The first-order chi connectivity index (χ1) is 9.51. The van der Waals surface area contributed by atoms with Crippen LogP contribution in [-0.4, -0.2) is 5.78 Å². The Morgan fingerprint density at radius 3 is 2.50 bits per heavy atom. The zero-order chi connectivity index (χ0) is 14.6. The number of hydrogen-bond acceptors (Lipinski definition) is 1. The van der Waals surface area contributed by atoms with E-state index in [1.54, 1.807) is 6.08 Å². The van der Waals surface area contributed by atoms with E-state index in [9.17, 15) is 4.79 Å². The molecule has 0 fully saturated rings. The monoisotopic (exact) mass is 266 g/mol. The van der Waals surface area contributed by atoms with E-state index in [1.807, 2.05) is 36.4 Å². The van der Waals surface area contributed by atoms with Crippen LogP contribution in [0.1, 0.15) is 37.6 Å². The first-order valence-corrected chi connectivity index (χ1v) is 7.18. The molecule has 1 aliphatic rings. The number of carbonyl (C=O) groups is 1. The SMILES string of the molecule is CC(C)C1(C)C=CC(C=CC(=O)c2ccccc2)=CC1. The van der Waals surface area contributed by atoms with Crippen LogP contribution < -0.4 is 0 Å². The third-order valence-electron chi connectivity index (χ3n) is 4.24. The fourth-order valence-corrected chi connectivity index (χ4v) is 2.18. The van der Waals surface area contributed by atoms with Gasteiger partial charge in [0.2, 0.25) is 0 Å². The highest BCUT2D eigenvalue weighted by atomic mass is 16.1. The summed E-state index contributed by atoms with van der Waals surface area (Å²) in [5, 5.41) is 0. The molecular formula is C19H22O. The molecule has 0 radical (unpaired) electrons. The molecule has 1 unspecified atom stereocenters. The van der Waals surface area contributed by atoms with Gasteiger partial charge in [0.15, 0.2) is 5.78 Å². The zero-order valence-corrected chi connectivity index (χ0v) is 12.5. The topological polar surface area (TPSA) is 17.1 Å². The molecule has 1 aromatic rings. The quantitative estimate of drug-likeness (QED) is 0.555. The van der Waals surface area contributed by atoms with Crippen LogP contribution in [0.3, 0.4) is 0 Å². The van der Waals surface area contributed by atoms with Crippen molar-refractivity contribution >= 4 is 5.78 Å². The summed E-state index contributed by atoms with van der Waals surface area (Å²) >= 11 is 0. The van der Waals surface area contributed by atoms with Gasteiger partial charge < -0.3 is 0 Å². The Morgan fingerprint density at radius 1 is 1.25 bits per heavy atom. The minimum atomic E-state index is 0.0529. The Morgan fingerprint density at radius 2 is 1.95 bits per heavy atom.